The van der Waals surface area contributed by atoms with E-state index in [0.29, 0.717) is 12.5 Å². The fourth-order valence-electron chi connectivity index (χ4n) is 3.08. The van der Waals surface area contributed by atoms with Gasteiger partial charge < -0.3 is 11.1 Å². The Bertz CT molecular complexity index is 271. The molecule has 1 amide bonds. The van der Waals surface area contributed by atoms with Crippen LogP contribution in [0, 0.1) is 11.8 Å². The molecule has 1 aliphatic carbocycles. The van der Waals surface area contributed by atoms with Crippen LogP contribution in [0.25, 0.3) is 0 Å². The Labute approximate surface area is 122 Å². The van der Waals surface area contributed by atoms with Crippen molar-refractivity contribution in [2.24, 2.45) is 17.6 Å². The van der Waals surface area contributed by atoms with Crippen LogP contribution in [0.2, 0.25) is 0 Å². The molecule has 0 heterocycles. The molecule has 2 unspecified atom stereocenters. The maximum Gasteiger partial charge on any atom is 0.223 e. The van der Waals surface area contributed by atoms with Gasteiger partial charge in [0.2, 0.25) is 5.91 Å². The van der Waals surface area contributed by atoms with Gasteiger partial charge >= 0.3 is 0 Å². The molecule has 112 valence electrons. The number of carbonyl (C=O) groups excluding carboxylic acids is 1. The highest BCUT2D eigenvalue weighted by atomic mass is 32.2. The zero-order valence-corrected chi connectivity index (χ0v) is 13.5. The first-order valence-corrected chi connectivity index (χ1v) is 8.87. The van der Waals surface area contributed by atoms with Crippen molar-refractivity contribution in [1.29, 1.82) is 0 Å². The van der Waals surface area contributed by atoms with Crippen molar-refractivity contribution in [2.75, 3.05) is 19.3 Å². The molecule has 0 aromatic heterocycles. The molecule has 1 aliphatic rings. The monoisotopic (exact) mass is 286 g/mol. The van der Waals surface area contributed by atoms with Crippen LogP contribution in [-0.2, 0) is 4.79 Å². The number of amides is 1. The lowest BCUT2D eigenvalue weighted by Crippen LogP contribution is -2.45. The fourth-order valence-corrected chi connectivity index (χ4v) is 3.87. The second kappa shape index (κ2) is 8.15. The second-order valence-electron chi connectivity index (χ2n) is 5.70. The second-order valence-corrected chi connectivity index (χ2v) is 6.97. The Morgan fingerprint density at radius 1 is 1.32 bits per heavy atom. The number of hydrogen-bond acceptors (Lipinski definition) is 3. The molecule has 2 atom stereocenters. The zero-order valence-electron chi connectivity index (χ0n) is 12.7. The quantitative estimate of drug-likeness (QED) is 0.756. The Morgan fingerprint density at radius 2 is 1.95 bits per heavy atom. The number of nitrogens with two attached hydrogens (primary N) is 1. The van der Waals surface area contributed by atoms with Crippen molar-refractivity contribution in [3.8, 4) is 0 Å². The lowest BCUT2D eigenvalue weighted by atomic mass is 9.78. The Morgan fingerprint density at radius 3 is 2.47 bits per heavy atom. The number of carbonyl (C=O) groups is 1. The van der Waals surface area contributed by atoms with Gasteiger partial charge in [-0.25, -0.2) is 0 Å². The minimum atomic E-state index is 0.145. The minimum absolute atomic E-state index is 0.145. The Balaban J connectivity index is 2.53. The highest BCUT2D eigenvalue weighted by molar-refractivity contribution is 8.00. The minimum Gasteiger partial charge on any atom is -0.354 e. The van der Waals surface area contributed by atoms with Gasteiger partial charge in [0, 0.05) is 17.2 Å². The molecule has 19 heavy (non-hydrogen) atoms. The summed E-state index contributed by atoms with van der Waals surface area (Å²) in [5.41, 5.74) is 5.81. The summed E-state index contributed by atoms with van der Waals surface area (Å²) >= 11 is 1.87. The van der Waals surface area contributed by atoms with Crippen molar-refractivity contribution < 1.29 is 4.79 Å². The summed E-state index contributed by atoms with van der Waals surface area (Å²) in [6.07, 6.45) is 8.85. The average molecular weight is 286 g/mol. The number of nitrogens with one attached hydrogen (secondary N) is 1. The summed E-state index contributed by atoms with van der Waals surface area (Å²) in [7, 11) is 0. The maximum atomic E-state index is 12.4. The lowest BCUT2D eigenvalue weighted by Gasteiger charge is -2.33. The molecule has 0 saturated heterocycles. The van der Waals surface area contributed by atoms with Gasteiger partial charge in [0.25, 0.3) is 0 Å². The summed E-state index contributed by atoms with van der Waals surface area (Å²) < 4.78 is 0.197. The molecule has 0 aromatic rings. The highest BCUT2D eigenvalue weighted by Crippen LogP contribution is 2.31. The molecule has 0 spiro atoms. The summed E-state index contributed by atoms with van der Waals surface area (Å²) in [6, 6.07) is 0. The molecule has 1 fully saturated rings. The van der Waals surface area contributed by atoms with Crippen molar-refractivity contribution in [3.63, 3.8) is 0 Å². The van der Waals surface area contributed by atoms with E-state index in [4.69, 9.17) is 5.73 Å². The van der Waals surface area contributed by atoms with Crippen molar-refractivity contribution >= 4 is 17.7 Å². The van der Waals surface area contributed by atoms with E-state index in [-0.39, 0.29) is 16.6 Å². The molecule has 4 heteroatoms. The van der Waals surface area contributed by atoms with Crippen molar-refractivity contribution in [2.45, 2.75) is 57.1 Å². The van der Waals surface area contributed by atoms with Crippen LogP contribution in [0.3, 0.4) is 0 Å². The molecular weight excluding hydrogens is 256 g/mol. The standard InChI is InChI=1S/C15H30N2OS/c1-4-15(5-2,19-3)11-17-14(18)13-9-7-6-8-12(13)10-16/h12-13H,4-11,16H2,1-3H3,(H,17,18). The van der Waals surface area contributed by atoms with Crippen LogP contribution in [-0.4, -0.2) is 30.0 Å². The van der Waals surface area contributed by atoms with Gasteiger partial charge in [0.05, 0.1) is 0 Å². The maximum absolute atomic E-state index is 12.4. The number of thioether (sulfide) groups is 1. The number of hydrogen-bond donors (Lipinski definition) is 2. The Kier molecular flexibility index (Phi) is 7.22. The van der Waals surface area contributed by atoms with E-state index in [0.717, 1.165) is 32.2 Å². The molecule has 0 aromatic carbocycles. The highest BCUT2D eigenvalue weighted by Gasteiger charge is 2.32. The third-order valence-electron chi connectivity index (χ3n) is 4.86. The summed E-state index contributed by atoms with van der Waals surface area (Å²) in [4.78, 5) is 12.4. The Hall–Kier alpha value is -0.220. The fraction of sp³-hybridized carbons (Fsp3) is 0.933. The summed E-state index contributed by atoms with van der Waals surface area (Å²) in [5.74, 6) is 0.767. The van der Waals surface area contributed by atoms with Gasteiger partial charge in [-0.2, -0.15) is 11.8 Å². The van der Waals surface area contributed by atoms with Gasteiger partial charge in [0.1, 0.15) is 0 Å². The molecule has 1 rings (SSSR count). The van der Waals surface area contributed by atoms with Crippen LogP contribution < -0.4 is 11.1 Å². The molecule has 1 saturated carbocycles. The van der Waals surface area contributed by atoms with Gasteiger partial charge in [-0.3, -0.25) is 4.79 Å². The van der Waals surface area contributed by atoms with E-state index in [1.165, 1.54) is 12.8 Å². The first kappa shape index (κ1) is 16.8. The largest absolute Gasteiger partial charge is 0.354 e. The van der Waals surface area contributed by atoms with Gasteiger partial charge in [-0.15, -0.1) is 0 Å². The van der Waals surface area contributed by atoms with Crippen LogP contribution >= 0.6 is 11.8 Å². The van der Waals surface area contributed by atoms with E-state index in [2.05, 4.69) is 25.4 Å². The summed E-state index contributed by atoms with van der Waals surface area (Å²) in [6.45, 7) is 5.84. The van der Waals surface area contributed by atoms with E-state index < -0.39 is 0 Å². The SMILES string of the molecule is CCC(CC)(CNC(=O)C1CCCCC1CN)SC. The topological polar surface area (TPSA) is 55.1 Å². The smallest absolute Gasteiger partial charge is 0.223 e. The average Bonchev–Trinajstić information content (AvgIpc) is 2.49. The molecular formula is C15H30N2OS. The lowest BCUT2D eigenvalue weighted by molar-refractivity contribution is -0.127. The predicted octanol–water partition coefficient (Wildman–Crippen LogP) is 2.79. The van der Waals surface area contributed by atoms with Crippen LogP contribution in [0.15, 0.2) is 0 Å². The molecule has 0 aliphatic heterocycles. The van der Waals surface area contributed by atoms with Crippen molar-refractivity contribution in [1.82, 2.24) is 5.32 Å². The molecule has 3 N–H and O–H groups in total. The van der Waals surface area contributed by atoms with E-state index in [1.54, 1.807) is 0 Å². The van der Waals surface area contributed by atoms with Crippen molar-refractivity contribution in [3.05, 3.63) is 0 Å². The predicted molar refractivity (Wildman–Crippen MR) is 84.3 cm³/mol. The molecule has 0 radical (unpaired) electrons. The van der Waals surface area contributed by atoms with Gasteiger partial charge in [0.15, 0.2) is 0 Å². The van der Waals surface area contributed by atoms with Gasteiger partial charge in [-0.05, 0) is 44.4 Å². The van der Waals surface area contributed by atoms with Gasteiger partial charge in [-0.1, -0.05) is 26.7 Å². The summed E-state index contributed by atoms with van der Waals surface area (Å²) in [5, 5.41) is 3.20. The first-order chi connectivity index (χ1) is 9.12. The van der Waals surface area contributed by atoms with Crippen LogP contribution in [0.5, 0.6) is 0 Å². The first-order valence-electron chi connectivity index (χ1n) is 7.65. The van der Waals surface area contributed by atoms with E-state index in [9.17, 15) is 4.79 Å². The third kappa shape index (κ3) is 4.38. The third-order valence-corrected chi connectivity index (χ3v) is 6.44. The normalized spacial score (nSPS) is 24.2. The number of rotatable bonds is 7. The molecule has 0 bridgehead atoms. The van der Waals surface area contributed by atoms with E-state index in [1.807, 2.05) is 11.8 Å². The zero-order chi connectivity index (χ0) is 14.3. The van der Waals surface area contributed by atoms with Crippen LogP contribution in [0.4, 0.5) is 0 Å². The van der Waals surface area contributed by atoms with E-state index >= 15 is 0 Å². The molecule has 3 nitrogen and oxygen atoms in total. The van der Waals surface area contributed by atoms with Crippen LogP contribution in [0.1, 0.15) is 52.4 Å².